The molecule has 0 heterocycles. The Kier molecular flexibility index (Phi) is 6.46. The maximum atomic E-state index is 13.0. The maximum absolute atomic E-state index is 13.0. The fraction of sp³-hybridized carbons (Fsp3) is 0.808. The second kappa shape index (κ2) is 8.68. The van der Waals surface area contributed by atoms with Crippen molar-refractivity contribution in [2.75, 3.05) is 12.3 Å². The zero-order valence-corrected chi connectivity index (χ0v) is 20.4. The predicted octanol–water partition coefficient (Wildman–Crippen LogP) is 5.02. The van der Waals surface area contributed by atoms with E-state index in [-0.39, 0.29) is 22.7 Å². The third kappa shape index (κ3) is 4.05. The smallest absolute Gasteiger partial charge is 0.216 e. The Hall–Kier alpha value is -1.10. The highest BCUT2D eigenvalue weighted by Gasteiger charge is 2.60. The van der Waals surface area contributed by atoms with Crippen molar-refractivity contribution >= 4 is 28.6 Å². The molecule has 3 saturated carbocycles. The van der Waals surface area contributed by atoms with Crippen LogP contribution >= 0.6 is 11.8 Å². The van der Waals surface area contributed by atoms with Crippen molar-refractivity contribution in [3.8, 4) is 0 Å². The summed E-state index contributed by atoms with van der Waals surface area (Å²) in [5, 5.41) is 3.08. The zero-order valence-electron chi connectivity index (χ0n) is 19.6. The van der Waals surface area contributed by atoms with Crippen LogP contribution < -0.4 is 5.32 Å². The molecule has 1 N–H and O–H groups in total. The van der Waals surface area contributed by atoms with E-state index in [2.05, 4.69) is 32.2 Å². The molecule has 0 radical (unpaired) electrons. The van der Waals surface area contributed by atoms with Gasteiger partial charge >= 0.3 is 0 Å². The van der Waals surface area contributed by atoms with Crippen molar-refractivity contribution in [3.05, 3.63) is 12.2 Å². The molecule has 4 unspecified atom stereocenters. The molecule has 0 aromatic heterocycles. The first kappa shape index (κ1) is 23.1. The third-order valence-corrected chi connectivity index (χ3v) is 10.9. The number of fused-ring (bicyclic) bond motifs is 5. The van der Waals surface area contributed by atoms with Gasteiger partial charge in [0.05, 0.1) is 0 Å². The lowest BCUT2D eigenvalue weighted by Crippen LogP contribution is -2.52. The SMILES string of the molecule is CC(=O)NCCSC(=O)[C@@H](C)[C@H]1CCC2C3CCC4CC(=O)C=C[C@]4(C)C3CC[C@@]21C. The summed E-state index contributed by atoms with van der Waals surface area (Å²) in [5.74, 6) is 4.12. The Morgan fingerprint density at radius 2 is 1.94 bits per heavy atom. The highest BCUT2D eigenvalue weighted by molar-refractivity contribution is 8.13. The van der Waals surface area contributed by atoms with Crippen molar-refractivity contribution in [3.63, 3.8) is 0 Å². The van der Waals surface area contributed by atoms with E-state index in [0.29, 0.717) is 46.9 Å². The summed E-state index contributed by atoms with van der Waals surface area (Å²) in [7, 11) is 0. The van der Waals surface area contributed by atoms with Gasteiger partial charge in [0.2, 0.25) is 5.91 Å². The lowest BCUT2D eigenvalue weighted by Gasteiger charge is -2.59. The summed E-state index contributed by atoms with van der Waals surface area (Å²) >= 11 is 1.39. The molecule has 0 bridgehead atoms. The summed E-state index contributed by atoms with van der Waals surface area (Å²) in [6.45, 7) is 9.12. The van der Waals surface area contributed by atoms with Gasteiger partial charge in [0.25, 0.3) is 0 Å². The molecule has 0 aromatic carbocycles. The molecule has 4 aliphatic carbocycles. The molecule has 4 nitrogen and oxygen atoms in total. The van der Waals surface area contributed by atoms with Crippen LogP contribution in [0.5, 0.6) is 0 Å². The Morgan fingerprint density at radius 1 is 1.16 bits per heavy atom. The molecule has 0 aliphatic heterocycles. The van der Waals surface area contributed by atoms with Crippen LogP contribution in [0.1, 0.15) is 72.6 Å². The number of rotatable bonds is 5. The molecule has 0 saturated heterocycles. The lowest BCUT2D eigenvalue weighted by molar-refractivity contribution is -0.124. The van der Waals surface area contributed by atoms with Gasteiger partial charge in [-0.2, -0.15) is 0 Å². The number of amides is 1. The zero-order chi connectivity index (χ0) is 22.4. The first-order chi connectivity index (χ1) is 14.7. The van der Waals surface area contributed by atoms with Crippen molar-refractivity contribution in [2.45, 2.75) is 72.6 Å². The Bertz CT molecular complexity index is 779. The van der Waals surface area contributed by atoms with E-state index in [1.165, 1.54) is 50.8 Å². The largest absolute Gasteiger partial charge is 0.356 e. The summed E-state index contributed by atoms with van der Waals surface area (Å²) in [6.07, 6.45) is 12.2. The Morgan fingerprint density at radius 3 is 2.68 bits per heavy atom. The first-order valence-corrected chi connectivity index (χ1v) is 13.3. The average Bonchev–Trinajstić information content (AvgIpc) is 3.08. The second-order valence-corrected chi connectivity index (χ2v) is 12.3. The molecule has 31 heavy (non-hydrogen) atoms. The molecule has 4 rings (SSSR count). The van der Waals surface area contributed by atoms with E-state index in [0.717, 1.165) is 18.8 Å². The Labute approximate surface area is 191 Å². The summed E-state index contributed by atoms with van der Waals surface area (Å²) in [4.78, 5) is 36.0. The van der Waals surface area contributed by atoms with Crippen molar-refractivity contribution in [2.24, 2.45) is 46.3 Å². The number of carbonyl (C=O) groups excluding carboxylic acids is 3. The van der Waals surface area contributed by atoms with Gasteiger partial charge in [0.1, 0.15) is 0 Å². The fourth-order valence-corrected chi connectivity index (χ4v) is 9.00. The molecule has 4 aliphatic rings. The fourth-order valence-electron chi connectivity index (χ4n) is 8.17. The van der Waals surface area contributed by atoms with Crippen LogP contribution in [0.2, 0.25) is 0 Å². The lowest BCUT2D eigenvalue weighted by atomic mass is 9.45. The van der Waals surface area contributed by atoms with Crippen LogP contribution in [0.25, 0.3) is 0 Å². The number of carbonyl (C=O) groups is 3. The summed E-state index contributed by atoms with van der Waals surface area (Å²) in [6, 6.07) is 0. The van der Waals surface area contributed by atoms with E-state index in [1.54, 1.807) is 0 Å². The Balaban J connectivity index is 1.44. The van der Waals surface area contributed by atoms with Crippen LogP contribution in [0, 0.1) is 46.3 Å². The van der Waals surface area contributed by atoms with Crippen molar-refractivity contribution in [1.29, 1.82) is 0 Å². The number of hydrogen-bond acceptors (Lipinski definition) is 4. The van der Waals surface area contributed by atoms with E-state index in [1.807, 2.05) is 6.08 Å². The van der Waals surface area contributed by atoms with Gasteiger partial charge in [0, 0.05) is 31.6 Å². The highest BCUT2D eigenvalue weighted by atomic mass is 32.2. The molecular weight excluding hydrogens is 406 g/mol. The quantitative estimate of drug-likeness (QED) is 0.603. The minimum absolute atomic E-state index is 0.0374. The van der Waals surface area contributed by atoms with Crippen LogP contribution in [-0.2, 0) is 14.4 Å². The number of thioether (sulfide) groups is 1. The molecular formula is C26H39NO3S. The van der Waals surface area contributed by atoms with E-state index in [4.69, 9.17) is 0 Å². The number of ketones is 1. The topological polar surface area (TPSA) is 63.2 Å². The van der Waals surface area contributed by atoms with E-state index < -0.39 is 0 Å². The van der Waals surface area contributed by atoms with Gasteiger partial charge in [-0.1, -0.05) is 38.6 Å². The van der Waals surface area contributed by atoms with Crippen LogP contribution in [0.3, 0.4) is 0 Å². The van der Waals surface area contributed by atoms with Crippen LogP contribution in [0.4, 0.5) is 0 Å². The number of hydrogen-bond donors (Lipinski definition) is 1. The minimum atomic E-state index is -0.0374. The van der Waals surface area contributed by atoms with Crippen LogP contribution in [0.15, 0.2) is 12.2 Å². The normalized spacial score (nSPS) is 42.3. The molecule has 5 heteroatoms. The van der Waals surface area contributed by atoms with E-state index >= 15 is 0 Å². The number of nitrogens with one attached hydrogen (secondary N) is 1. The van der Waals surface area contributed by atoms with Gasteiger partial charge in [-0.05, 0) is 85.0 Å². The summed E-state index contributed by atoms with van der Waals surface area (Å²) in [5.41, 5.74) is 0.434. The molecule has 0 aromatic rings. The second-order valence-electron chi connectivity index (χ2n) is 11.2. The average molecular weight is 446 g/mol. The number of allylic oxidation sites excluding steroid dienone is 2. The van der Waals surface area contributed by atoms with Gasteiger partial charge < -0.3 is 5.32 Å². The van der Waals surface area contributed by atoms with Crippen LogP contribution in [-0.4, -0.2) is 29.1 Å². The minimum Gasteiger partial charge on any atom is -0.356 e. The molecule has 1 amide bonds. The molecule has 172 valence electrons. The molecule has 0 spiro atoms. The third-order valence-electron chi connectivity index (χ3n) is 9.81. The van der Waals surface area contributed by atoms with Crippen molar-refractivity contribution < 1.29 is 14.4 Å². The van der Waals surface area contributed by atoms with Crippen molar-refractivity contribution in [1.82, 2.24) is 5.32 Å². The van der Waals surface area contributed by atoms with Gasteiger partial charge in [-0.25, -0.2) is 0 Å². The molecule has 3 fully saturated rings. The van der Waals surface area contributed by atoms with E-state index in [9.17, 15) is 14.4 Å². The maximum Gasteiger partial charge on any atom is 0.216 e. The molecule has 8 atom stereocenters. The highest BCUT2D eigenvalue weighted by Crippen LogP contribution is 2.67. The standard InChI is InChI=1S/C26H39NO3S/c1-16(24(30)31-14-13-27-17(2)28)21-7-8-22-20-6-5-18-15-19(29)9-11-25(18,3)23(20)10-12-26(21,22)4/h9,11,16,18,20-23H,5-8,10,12-15H2,1-4H3,(H,27,28)/t16-,18?,20?,21+,22?,23?,25-,26+/m0/s1. The monoisotopic (exact) mass is 445 g/mol. The summed E-state index contributed by atoms with van der Waals surface area (Å²) < 4.78 is 0. The predicted molar refractivity (Wildman–Crippen MR) is 125 cm³/mol. The van der Waals surface area contributed by atoms with Gasteiger partial charge in [-0.15, -0.1) is 0 Å². The van der Waals surface area contributed by atoms with Gasteiger partial charge in [0.15, 0.2) is 10.9 Å². The first-order valence-electron chi connectivity index (χ1n) is 12.3. The van der Waals surface area contributed by atoms with Gasteiger partial charge in [-0.3, -0.25) is 14.4 Å².